The number of hydrogen-bond acceptors (Lipinski definition) is 3. The molecule has 0 aromatic rings. The molecule has 3 nitrogen and oxygen atoms in total. The second-order valence-corrected chi connectivity index (χ2v) is 0.467. The second kappa shape index (κ2) is 27.5. The third kappa shape index (κ3) is 37.1. The van der Waals surface area contributed by atoms with Crippen LogP contribution in [0.2, 0.25) is 0 Å². The zero-order valence-electron chi connectivity index (χ0n) is 3.05. The molecule has 0 spiro atoms. The van der Waals surface area contributed by atoms with Crippen molar-refractivity contribution in [2.24, 2.45) is 5.73 Å². The molecule has 0 amide bonds. The molecule has 0 heterocycles. The van der Waals surface area contributed by atoms with Crippen LogP contribution in [-0.4, -0.2) is 6.34 Å². The van der Waals surface area contributed by atoms with E-state index in [1.54, 1.807) is 0 Å². The summed E-state index contributed by atoms with van der Waals surface area (Å²) < 4.78 is 0. The third-order valence-electron chi connectivity index (χ3n) is 0. The summed E-state index contributed by atoms with van der Waals surface area (Å²) in [5.74, 6) is 0. The van der Waals surface area contributed by atoms with E-state index in [0.29, 0.717) is 0 Å². The van der Waals surface area contributed by atoms with E-state index in [4.69, 9.17) is 10.7 Å². The number of rotatable bonds is 0. The summed E-state index contributed by atoms with van der Waals surface area (Å²) in [5, 5.41) is 14.5. The van der Waals surface area contributed by atoms with Crippen LogP contribution in [0.15, 0.2) is 0 Å². The maximum atomic E-state index is 7.18. The highest BCUT2D eigenvalue weighted by atomic mass is 32.1. The molecule has 0 fully saturated rings. The first-order valence-corrected chi connectivity index (χ1v) is 1.52. The van der Waals surface area contributed by atoms with Crippen LogP contribution in [0.1, 0.15) is 0 Å². The van der Waals surface area contributed by atoms with Crippen molar-refractivity contribution in [1.82, 2.24) is 0 Å². The molecule has 0 saturated carbocycles. The standard InChI is InChI=1S/CH4N2.CHNS/c2*2-1-3/h1H,(H3,2,3);3H. The monoisotopic (exact) mass is 103 g/mol. The molecule has 0 aromatic heterocycles. The molecule has 4 heteroatoms. The molecule has 3 N–H and O–H groups in total. The summed E-state index contributed by atoms with van der Waals surface area (Å²) in [6, 6.07) is 0. The van der Waals surface area contributed by atoms with E-state index in [1.165, 1.54) is 5.40 Å². The lowest BCUT2D eigenvalue weighted by Gasteiger charge is -1.38. The molecular weight excluding hydrogens is 98.1 g/mol. The Balaban J connectivity index is 0. The van der Waals surface area contributed by atoms with Crippen molar-refractivity contribution in [3.63, 3.8) is 0 Å². The van der Waals surface area contributed by atoms with E-state index in [-0.39, 0.29) is 0 Å². The highest BCUT2D eigenvalue weighted by Gasteiger charge is 1.18. The maximum absolute atomic E-state index is 7.18. The first kappa shape index (κ1) is 9.00. The Morgan fingerprint density at radius 1 is 2.00 bits per heavy atom. The van der Waals surface area contributed by atoms with Crippen molar-refractivity contribution in [1.29, 1.82) is 10.7 Å². The van der Waals surface area contributed by atoms with Crippen molar-refractivity contribution < 1.29 is 0 Å². The van der Waals surface area contributed by atoms with E-state index in [1.807, 2.05) is 0 Å². The van der Waals surface area contributed by atoms with E-state index in [9.17, 15) is 0 Å². The maximum Gasteiger partial charge on any atom is 0.130 e. The smallest absolute Gasteiger partial charge is 0.130 e. The molecule has 0 bridgehead atoms. The Labute approximate surface area is 41.7 Å². The van der Waals surface area contributed by atoms with E-state index in [2.05, 4.69) is 18.4 Å². The fourth-order valence-corrected chi connectivity index (χ4v) is 0. The Bertz CT molecular complexity index is 54.3. The second-order valence-electron chi connectivity index (χ2n) is 0.267. The Morgan fingerprint density at radius 3 is 2.00 bits per heavy atom. The molecular formula is C2H5N3S. The molecule has 0 aromatic carbocycles. The highest BCUT2D eigenvalue weighted by molar-refractivity contribution is 7.85. The number of nitrogens with zero attached hydrogens (tertiary/aromatic N) is 1. The van der Waals surface area contributed by atoms with Gasteiger partial charge in [-0.3, -0.25) is 5.41 Å². The van der Waals surface area contributed by atoms with Crippen molar-refractivity contribution in [2.75, 3.05) is 0 Å². The zero-order valence-corrected chi connectivity index (χ0v) is 3.94. The Hall–Kier alpha value is -0.690. The molecule has 0 aliphatic heterocycles. The quantitative estimate of drug-likeness (QED) is 0.174. The number of thiocyanates is 1. The van der Waals surface area contributed by atoms with Gasteiger partial charge in [-0.15, -0.1) is 0 Å². The van der Waals surface area contributed by atoms with Gasteiger partial charge in [-0.1, -0.05) is 12.6 Å². The van der Waals surface area contributed by atoms with Crippen LogP contribution in [0.4, 0.5) is 0 Å². The number of thiol groups is 1. The largest absolute Gasteiger partial charge is 0.390 e. The van der Waals surface area contributed by atoms with Crippen LogP contribution in [0.5, 0.6) is 0 Å². The minimum absolute atomic E-state index is 0.750. The number of nitrogens with two attached hydrogens (primary N) is 1. The van der Waals surface area contributed by atoms with E-state index < -0.39 is 0 Å². The van der Waals surface area contributed by atoms with Gasteiger partial charge >= 0.3 is 0 Å². The topological polar surface area (TPSA) is 73.7 Å². The van der Waals surface area contributed by atoms with Crippen LogP contribution in [0.3, 0.4) is 0 Å². The van der Waals surface area contributed by atoms with Crippen LogP contribution < -0.4 is 5.73 Å². The van der Waals surface area contributed by atoms with Gasteiger partial charge in [-0.25, -0.2) is 0 Å². The fraction of sp³-hybridized carbons (Fsp3) is 0. The molecule has 0 aliphatic carbocycles. The summed E-state index contributed by atoms with van der Waals surface area (Å²) in [6.45, 7) is 0. The molecule has 0 unspecified atom stereocenters. The molecule has 0 aliphatic rings. The van der Waals surface area contributed by atoms with Gasteiger partial charge in [0.15, 0.2) is 0 Å². The predicted octanol–water partition coefficient (Wildman–Crippen LogP) is -0.0505. The average molecular weight is 103 g/mol. The number of nitriles is 1. The van der Waals surface area contributed by atoms with Crippen LogP contribution in [0.25, 0.3) is 0 Å². The first-order valence-electron chi connectivity index (χ1n) is 1.07. The van der Waals surface area contributed by atoms with Crippen LogP contribution in [-0.2, 0) is 0 Å². The average Bonchev–Trinajstić information content (AvgIpc) is 1.39. The third-order valence-corrected chi connectivity index (χ3v) is 0. The minimum Gasteiger partial charge on any atom is -0.390 e. The van der Waals surface area contributed by atoms with Gasteiger partial charge < -0.3 is 5.73 Å². The van der Waals surface area contributed by atoms with Gasteiger partial charge in [0.25, 0.3) is 0 Å². The van der Waals surface area contributed by atoms with Gasteiger partial charge in [0.2, 0.25) is 0 Å². The van der Waals surface area contributed by atoms with Crippen molar-refractivity contribution in [3.8, 4) is 5.40 Å². The minimum atomic E-state index is 0.750. The molecule has 0 rings (SSSR count). The van der Waals surface area contributed by atoms with E-state index in [0.717, 1.165) is 6.34 Å². The van der Waals surface area contributed by atoms with Crippen molar-refractivity contribution in [2.45, 2.75) is 0 Å². The van der Waals surface area contributed by atoms with Gasteiger partial charge in [0.05, 0.1) is 6.34 Å². The summed E-state index contributed by atoms with van der Waals surface area (Å²) in [7, 11) is 0. The lowest BCUT2D eigenvalue weighted by molar-refractivity contribution is 1.52. The zero-order chi connectivity index (χ0) is 5.41. The van der Waals surface area contributed by atoms with Crippen molar-refractivity contribution >= 4 is 19.0 Å². The molecule has 0 saturated heterocycles. The Morgan fingerprint density at radius 2 is 2.00 bits per heavy atom. The number of hydrogen-bond donors (Lipinski definition) is 3. The lowest BCUT2D eigenvalue weighted by atomic mass is 11.4. The van der Waals surface area contributed by atoms with Gasteiger partial charge in [0.1, 0.15) is 5.40 Å². The van der Waals surface area contributed by atoms with E-state index >= 15 is 0 Å². The molecule has 0 radical (unpaired) electrons. The lowest BCUT2D eigenvalue weighted by Crippen LogP contribution is -1.81. The van der Waals surface area contributed by atoms with Crippen molar-refractivity contribution in [3.05, 3.63) is 0 Å². The first-order chi connectivity index (χ1) is 2.83. The fourth-order valence-electron chi connectivity index (χ4n) is 0. The summed E-state index contributed by atoms with van der Waals surface area (Å²) in [4.78, 5) is 0. The molecule has 34 valence electrons. The normalized spacial score (nSPS) is 3.33. The van der Waals surface area contributed by atoms with Gasteiger partial charge in [-0.2, -0.15) is 5.26 Å². The summed E-state index contributed by atoms with van der Waals surface area (Å²) in [6.07, 6.45) is 0.750. The van der Waals surface area contributed by atoms with Crippen LogP contribution >= 0.6 is 12.6 Å². The number of nitrogens with one attached hydrogen (secondary N) is 1. The SMILES string of the molecule is N#CS.N=CN. The molecule has 0 atom stereocenters. The highest BCUT2D eigenvalue weighted by Crippen LogP contribution is 1.46. The van der Waals surface area contributed by atoms with Crippen LogP contribution in [0, 0.1) is 16.1 Å². The Kier molecular flexibility index (Phi) is 41.3. The van der Waals surface area contributed by atoms with Gasteiger partial charge in [0, 0.05) is 0 Å². The summed E-state index contributed by atoms with van der Waals surface area (Å²) >= 11 is 3.09. The molecule has 6 heavy (non-hydrogen) atoms. The van der Waals surface area contributed by atoms with Gasteiger partial charge in [-0.05, 0) is 0 Å². The predicted molar refractivity (Wildman–Crippen MR) is 27.6 cm³/mol. The summed E-state index contributed by atoms with van der Waals surface area (Å²) in [5.41, 5.74) is 4.39.